The van der Waals surface area contributed by atoms with E-state index in [1.165, 1.54) is 11.3 Å². The summed E-state index contributed by atoms with van der Waals surface area (Å²) >= 11 is 18.9. The van der Waals surface area contributed by atoms with Crippen LogP contribution in [0.3, 0.4) is 0 Å². The summed E-state index contributed by atoms with van der Waals surface area (Å²) in [6.07, 6.45) is 1.42. The number of carbonyl (C=O) groups is 1. The minimum absolute atomic E-state index is 0.229. The summed E-state index contributed by atoms with van der Waals surface area (Å²) in [5.74, 6) is 0. The van der Waals surface area contributed by atoms with E-state index >= 15 is 0 Å². The molecule has 1 heterocycles. The van der Waals surface area contributed by atoms with Gasteiger partial charge in [-0.2, -0.15) is 0 Å². The Labute approximate surface area is 129 Å². The third-order valence-electron chi connectivity index (χ3n) is 2.40. The highest BCUT2D eigenvalue weighted by molar-refractivity contribution is 7.17. The van der Waals surface area contributed by atoms with Crippen LogP contribution in [0.1, 0.15) is 15.2 Å². The van der Waals surface area contributed by atoms with Crippen molar-refractivity contribution in [3.05, 3.63) is 43.8 Å². The lowest BCUT2D eigenvalue weighted by molar-refractivity contribution is 0.112. The molecule has 2 rings (SSSR count). The van der Waals surface area contributed by atoms with Gasteiger partial charge in [-0.1, -0.05) is 52.2 Å². The molecule has 19 heavy (non-hydrogen) atoms. The number of thiazole rings is 1. The summed E-state index contributed by atoms with van der Waals surface area (Å²) in [4.78, 5) is 15.1. The Morgan fingerprint density at radius 2 is 2.11 bits per heavy atom. The van der Waals surface area contributed by atoms with E-state index in [0.29, 0.717) is 32.9 Å². The van der Waals surface area contributed by atoms with E-state index in [1.807, 2.05) is 6.07 Å². The molecule has 0 amide bonds. The van der Waals surface area contributed by atoms with Gasteiger partial charge in [0.15, 0.2) is 16.6 Å². The molecule has 1 aromatic heterocycles. The number of halogens is 3. The minimum atomic E-state index is 0.229. The SMILES string of the molecule is O=Cc1sc(NCCc2ccc(Cl)cc2Cl)nc1Cl. The van der Waals surface area contributed by atoms with Gasteiger partial charge in [-0.3, -0.25) is 4.79 Å². The van der Waals surface area contributed by atoms with E-state index in [4.69, 9.17) is 34.8 Å². The molecule has 0 bridgehead atoms. The van der Waals surface area contributed by atoms with E-state index in [9.17, 15) is 4.79 Å². The number of anilines is 1. The van der Waals surface area contributed by atoms with Gasteiger partial charge in [0.05, 0.1) is 0 Å². The van der Waals surface area contributed by atoms with E-state index in [1.54, 1.807) is 12.1 Å². The highest BCUT2D eigenvalue weighted by atomic mass is 35.5. The maximum Gasteiger partial charge on any atom is 0.184 e. The Kier molecular flexibility index (Phi) is 5.05. The van der Waals surface area contributed by atoms with Crippen molar-refractivity contribution in [2.24, 2.45) is 0 Å². The molecule has 0 unspecified atom stereocenters. The lowest BCUT2D eigenvalue weighted by atomic mass is 10.1. The van der Waals surface area contributed by atoms with Gasteiger partial charge in [-0.25, -0.2) is 4.98 Å². The number of aromatic nitrogens is 1. The zero-order chi connectivity index (χ0) is 13.8. The van der Waals surface area contributed by atoms with E-state index in [0.717, 1.165) is 12.0 Å². The fourth-order valence-corrected chi connectivity index (χ4v) is 2.99. The van der Waals surface area contributed by atoms with Gasteiger partial charge in [0, 0.05) is 16.6 Å². The van der Waals surface area contributed by atoms with E-state index in [-0.39, 0.29) is 5.15 Å². The Morgan fingerprint density at radius 3 is 2.74 bits per heavy atom. The molecule has 0 atom stereocenters. The molecule has 0 aliphatic heterocycles. The van der Waals surface area contributed by atoms with E-state index < -0.39 is 0 Å². The largest absolute Gasteiger partial charge is 0.361 e. The second-order valence-electron chi connectivity index (χ2n) is 3.70. The van der Waals surface area contributed by atoms with Gasteiger partial charge < -0.3 is 5.32 Å². The quantitative estimate of drug-likeness (QED) is 0.814. The molecular weight excluding hydrogens is 327 g/mol. The van der Waals surface area contributed by atoms with Crippen LogP contribution in [0.25, 0.3) is 0 Å². The first-order chi connectivity index (χ1) is 9.10. The van der Waals surface area contributed by atoms with Gasteiger partial charge in [0.2, 0.25) is 0 Å². The summed E-state index contributed by atoms with van der Waals surface area (Å²) in [6, 6.07) is 5.40. The van der Waals surface area contributed by atoms with Crippen molar-refractivity contribution in [2.75, 3.05) is 11.9 Å². The first kappa shape index (κ1) is 14.6. The maximum absolute atomic E-state index is 10.6. The average molecular weight is 336 g/mol. The fraction of sp³-hybridized carbons (Fsp3) is 0.167. The predicted molar refractivity (Wildman–Crippen MR) is 81.2 cm³/mol. The number of hydrogen-bond donors (Lipinski definition) is 1. The molecule has 7 heteroatoms. The molecule has 2 aromatic rings. The van der Waals surface area contributed by atoms with Crippen molar-refractivity contribution >= 4 is 57.6 Å². The van der Waals surface area contributed by atoms with Crippen LogP contribution in [0.5, 0.6) is 0 Å². The van der Waals surface area contributed by atoms with Crippen molar-refractivity contribution in [2.45, 2.75) is 6.42 Å². The second-order valence-corrected chi connectivity index (χ2v) is 5.94. The van der Waals surface area contributed by atoms with Crippen LogP contribution < -0.4 is 5.32 Å². The monoisotopic (exact) mass is 334 g/mol. The third-order valence-corrected chi connectivity index (χ3v) is 4.33. The van der Waals surface area contributed by atoms with Gasteiger partial charge in [-0.05, 0) is 24.1 Å². The first-order valence-corrected chi connectivity index (χ1v) is 7.34. The van der Waals surface area contributed by atoms with Crippen molar-refractivity contribution in [3.63, 3.8) is 0 Å². The maximum atomic E-state index is 10.6. The normalized spacial score (nSPS) is 10.5. The molecule has 1 aromatic carbocycles. The molecule has 0 radical (unpaired) electrons. The summed E-state index contributed by atoms with van der Waals surface area (Å²) in [5.41, 5.74) is 0.997. The van der Waals surface area contributed by atoms with Crippen molar-refractivity contribution < 1.29 is 4.79 Å². The topological polar surface area (TPSA) is 42.0 Å². The second kappa shape index (κ2) is 6.57. The van der Waals surface area contributed by atoms with E-state index in [2.05, 4.69) is 10.3 Å². The van der Waals surface area contributed by atoms with Gasteiger partial charge in [-0.15, -0.1) is 0 Å². The summed E-state index contributed by atoms with van der Waals surface area (Å²) in [6.45, 7) is 0.642. The lowest BCUT2D eigenvalue weighted by Gasteiger charge is -2.05. The smallest absolute Gasteiger partial charge is 0.184 e. The van der Waals surface area contributed by atoms with Crippen LogP contribution in [-0.4, -0.2) is 17.8 Å². The van der Waals surface area contributed by atoms with Crippen LogP contribution in [0, 0.1) is 0 Å². The molecule has 0 aliphatic rings. The molecule has 0 aliphatic carbocycles. The highest BCUT2D eigenvalue weighted by Crippen LogP contribution is 2.25. The molecule has 3 nitrogen and oxygen atoms in total. The Bertz CT molecular complexity index is 601. The molecule has 0 saturated carbocycles. The summed E-state index contributed by atoms with van der Waals surface area (Å²) in [5, 5.41) is 5.21. The number of hydrogen-bond acceptors (Lipinski definition) is 4. The number of nitrogens with one attached hydrogen (secondary N) is 1. The molecule has 100 valence electrons. The van der Waals surface area contributed by atoms with Crippen LogP contribution in [0.15, 0.2) is 18.2 Å². The zero-order valence-electron chi connectivity index (χ0n) is 9.62. The van der Waals surface area contributed by atoms with Crippen LogP contribution in [-0.2, 0) is 6.42 Å². The Balaban J connectivity index is 1.94. The van der Waals surface area contributed by atoms with Gasteiger partial charge in [0.1, 0.15) is 4.88 Å². The van der Waals surface area contributed by atoms with Crippen LogP contribution in [0.4, 0.5) is 5.13 Å². The molecule has 0 spiro atoms. The number of rotatable bonds is 5. The third kappa shape index (κ3) is 3.83. The predicted octanol–water partition coefficient (Wildman–Crippen LogP) is 4.57. The first-order valence-electron chi connectivity index (χ1n) is 5.39. The number of benzene rings is 1. The lowest BCUT2D eigenvalue weighted by Crippen LogP contribution is -2.04. The number of aldehydes is 1. The Morgan fingerprint density at radius 1 is 1.32 bits per heavy atom. The van der Waals surface area contributed by atoms with Gasteiger partial charge in [0.25, 0.3) is 0 Å². The van der Waals surface area contributed by atoms with Crippen LogP contribution in [0.2, 0.25) is 15.2 Å². The molecular formula is C12H9Cl3N2OS. The minimum Gasteiger partial charge on any atom is -0.361 e. The molecule has 0 fully saturated rings. The van der Waals surface area contributed by atoms with Gasteiger partial charge >= 0.3 is 0 Å². The Hall–Kier alpha value is -0.810. The average Bonchev–Trinajstić information content (AvgIpc) is 2.72. The number of carbonyl (C=O) groups excluding carboxylic acids is 1. The number of nitrogens with zero attached hydrogens (tertiary/aromatic N) is 1. The highest BCUT2D eigenvalue weighted by Gasteiger charge is 2.08. The van der Waals surface area contributed by atoms with Crippen LogP contribution >= 0.6 is 46.1 Å². The summed E-state index contributed by atoms with van der Waals surface area (Å²) < 4.78 is 0. The fourth-order valence-electron chi connectivity index (χ4n) is 1.49. The zero-order valence-corrected chi connectivity index (χ0v) is 12.7. The standard InChI is InChI=1S/C12H9Cl3N2OS/c13-8-2-1-7(9(14)5-8)3-4-16-12-17-11(15)10(6-18)19-12/h1-2,5-6H,3-4H2,(H,16,17). The van der Waals surface area contributed by atoms with Crippen molar-refractivity contribution in [1.82, 2.24) is 4.98 Å². The molecule has 1 N–H and O–H groups in total. The van der Waals surface area contributed by atoms with Crippen molar-refractivity contribution in [3.8, 4) is 0 Å². The molecule has 0 saturated heterocycles. The van der Waals surface area contributed by atoms with Crippen molar-refractivity contribution in [1.29, 1.82) is 0 Å². The summed E-state index contributed by atoms with van der Waals surface area (Å²) in [7, 11) is 0.